The van der Waals surface area contributed by atoms with Crippen LogP contribution in [0.5, 0.6) is 0 Å². The third-order valence-corrected chi connectivity index (χ3v) is 3.48. The summed E-state index contributed by atoms with van der Waals surface area (Å²) in [6, 6.07) is 0.402. The zero-order valence-corrected chi connectivity index (χ0v) is 10.7. The summed E-state index contributed by atoms with van der Waals surface area (Å²) >= 11 is 0. The highest BCUT2D eigenvalue weighted by Gasteiger charge is 2.31. The van der Waals surface area contributed by atoms with Gasteiger partial charge < -0.3 is 15.7 Å². The van der Waals surface area contributed by atoms with Crippen LogP contribution in [0.1, 0.15) is 40.5 Å². The molecule has 16 heavy (non-hydrogen) atoms. The minimum atomic E-state index is -0.550. The summed E-state index contributed by atoms with van der Waals surface area (Å²) in [6.45, 7) is 8.39. The Morgan fingerprint density at radius 3 is 2.69 bits per heavy atom. The van der Waals surface area contributed by atoms with E-state index in [1.165, 1.54) is 0 Å². The Morgan fingerprint density at radius 1 is 1.56 bits per heavy atom. The Bertz CT molecular complexity index is 251. The van der Waals surface area contributed by atoms with Crippen LogP contribution in [0.15, 0.2) is 0 Å². The first kappa shape index (κ1) is 13.5. The first-order chi connectivity index (χ1) is 7.33. The molecule has 0 radical (unpaired) electrons. The number of hydrogen-bond donors (Lipinski definition) is 3. The van der Waals surface area contributed by atoms with Gasteiger partial charge in [0, 0.05) is 12.0 Å². The predicted octanol–water partition coefficient (Wildman–Crippen LogP) is 0.650. The van der Waals surface area contributed by atoms with Crippen LogP contribution in [0.25, 0.3) is 0 Å². The summed E-state index contributed by atoms with van der Waals surface area (Å²) in [5.74, 6) is 0.147. The standard InChI is InChI=1S/C12H24N2O2/c1-8-7-10(5-6-13-8)11(16)14-12(3,4)9(2)15/h8-10,13,15H,5-7H2,1-4H3,(H,14,16). The summed E-state index contributed by atoms with van der Waals surface area (Å²) in [7, 11) is 0. The molecular formula is C12H24N2O2. The fourth-order valence-corrected chi connectivity index (χ4v) is 1.89. The molecule has 1 aliphatic heterocycles. The van der Waals surface area contributed by atoms with Gasteiger partial charge in [-0.15, -0.1) is 0 Å². The summed E-state index contributed by atoms with van der Waals surface area (Å²) in [5.41, 5.74) is -0.550. The van der Waals surface area contributed by atoms with Crippen molar-refractivity contribution in [3.63, 3.8) is 0 Å². The molecule has 3 atom stereocenters. The Labute approximate surface area is 97.8 Å². The van der Waals surface area contributed by atoms with E-state index >= 15 is 0 Å². The maximum atomic E-state index is 12.0. The van der Waals surface area contributed by atoms with E-state index in [0.717, 1.165) is 19.4 Å². The Balaban J connectivity index is 2.51. The van der Waals surface area contributed by atoms with Gasteiger partial charge in [0.25, 0.3) is 0 Å². The molecule has 0 aliphatic carbocycles. The third-order valence-electron chi connectivity index (χ3n) is 3.48. The monoisotopic (exact) mass is 228 g/mol. The van der Waals surface area contributed by atoms with E-state index in [0.29, 0.717) is 6.04 Å². The van der Waals surface area contributed by atoms with Crippen molar-refractivity contribution in [3.05, 3.63) is 0 Å². The number of aliphatic hydroxyl groups excluding tert-OH is 1. The lowest BCUT2D eigenvalue weighted by atomic mass is 9.90. The van der Waals surface area contributed by atoms with Gasteiger partial charge in [0.15, 0.2) is 0 Å². The van der Waals surface area contributed by atoms with Crippen molar-refractivity contribution in [2.45, 2.75) is 58.2 Å². The van der Waals surface area contributed by atoms with Crippen LogP contribution in [0.2, 0.25) is 0 Å². The number of aliphatic hydroxyl groups is 1. The molecule has 1 rings (SSSR count). The number of nitrogens with one attached hydrogen (secondary N) is 2. The summed E-state index contributed by atoms with van der Waals surface area (Å²) in [5, 5.41) is 15.8. The largest absolute Gasteiger partial charge is 0.391 e. The third kappa shape index (κ3) is 3.46. The maximum absolute atomic E-state index is 12.0. The van der Waals surface area contributed by atoms with E-state index in [1.54, 1.807) is 6.92 Å². The highest BCUT2D eigenvalue weighted by atomic mass is 16.3. The van der Waals surface area contributed by atoms with Gasteiger partial charge in [-0.3, -0.25) is 4.79 Å². The number of hydrogen-bond acceptors (Lipinski definition) is 3. The van der Waals surface area contributed by atoms with Crippen LogP contribution in [0, 0.1) is 5.92 Å². The van der Waals surface area contributed by atoms with Crippen molar-refractivity contribution in [1.29, 1.82) is 0 Å². The second-order valence-corrected chi connectivity index (χ2v) is 5.46. The SMILES string of the molecule is CC1CC(C(=O)NC(C)(C)C(C)O)CCN1. The van der Waals surface area contributed by atoms with Gasteiger partial charge in [-0.2, -0.15) is 0 Å². The lowest BCUT2D eigenvalue weighted by Gasteiger charge is -2.33. The minimum absolute atomic E-state index is 0.0688. The molecule has 0 aromatic heterocycles. The topological polar surface area (TPSA) is 61.4 Å². The van der Waals surface area contributed by atoms with Gasteiger partial charge in [-0.05, 0) is 47.1 Å². The number of carbonyl (C=O) groups excluding carboxylic acids is 1. The van der Waals surface area contributed by atoms with Crippen LogP contribution in [-0.2, 0) is 4.79 Å². The zero-order chi connectivity index (χ0) is 12.3. The molecule has 1 heterocycles. The summed E-state index contributed by atoms with van der Waals surface area (Å²) in [6.07, 6.45) is 1.21. The molecule has 3 unspecified atom stereocenters. The van der Waals surface area contributed by atoms with Crippen LogP contribution in [0.4, 0.5) is 0 Å². The molecule has 4 nitrogen and oxygen atoms in total. The maximum Gasteiger partial charge on any atom is 0.223 e. The van der Waals surface area contributed by atoms with Gasteiger partial charge in [-0.25, -0.2) is 0 Å². The first-order valence-electron chi connectivity index (χ1n) is 6.06. The van der Waals surface area contributed by atoms with E-state index in [-0.39, 0.29) is 11.8 Å². The van der Waals surface area contributed by atoms with Crippen LogP contribution in [-0.4, -0.2) is 35.2 Å². The van der Waals surface area contributed by atoms with Gasteiger partial charge in [0.2, 0.25) is 5.91 Å². The second-order valence-electron chi connectivity index (χ2n) is 5.46. The van der Waals surface area contributed by atoms with E-state index in [4.69, 9.17) is 0 Å². The quantitative estimate of drug-likeness (QED) is 0.664. The van der Waals surface area contributed by atoms with E-state index in [2.05, 4.69) is 17.6 Å². The predicted molar refractivity (Wildman–Crippen MR) is 64.1 cm³/mol. The molecule has 1 amide bonds. The summed E-state index contributed by atoms with van der Waals surface area (Å²) < 4.78 is 0. The summed E-state index contributed by atoms with van der Waals surface area (Å²) in [4.78, 5) is 12.0. The van der Waals surface area contributed by atoms with Crippen molar-refractivity contribution >= 4 is 5.91 Å². The zero-order valence-electron chi connectivity index (χ0n) is 10.7. The Morgan fingerprint density at radius 2 is 2.19 bits per heavy atom. The molecule has 3 N–H and O–H groups in total. The minimum Gasteiger partial charge on any atom is -0.391 e. The van der Waals surface area contributed by atoms with Crippen molar-refractivity contribution in [2.75, 3.05) is 6.54 Å². The molecule has 0 saturated carbocycles. The number of piperidine rings is 1. The van der Waals surface area contributed by atoms with Crippen molar-refractivity contribution in [1.82, 2.24) is 10.6 Å². The van der Waals surface area contributed by atoms with E-state index in [1.807, 2.05) is 13.8 Å². The molecular weight excluding hydrogens is 204 g/mol. The molecule has 0 aromatic rings. The number of amides is 1. The first-order valence-corrected chi connectivity index (χ1v) is 6.06. The van der Waals surface area contributed by atoms with Gasteiger partial charge >= 0.3 is 0 Å². The molecule has 4 heteroatoms. The molecule has 0 spiro atoms. The fraction of sp³-hybridized carbons (Fsp3) is 0.917. The van der Waals surface area contributed by atoms with E-state index in [9.17, 15) is 9.90 Å². The van der Waals surface area contributed by atoms with Gasteiger partial charge in [0.05, 0.1) is 11.6 Å². The molecule has 0 aromatic carbocycles. The van der Waals surface area contributed by atoms with Crippen LogP contribution >= 0.6 is 0 Å². The fourth-order valence-electron chi connectivity index (χ4n) is 1.89. The molecule has 1 saturated heterocycles. The lowest BCUT2D eigenvalue weighted by Crippen LogP contribution is -2.54. The average molecular weight is 228 g/mol. The Hall–Kier alpha value is -0.610. The average Bonchev–Trinajstić information content (AvgIpc) is 2.16. The van der Waals surface area contributed by atoms with Crippen LogP contribution < -0.4 is 10.6 Å². The van der Waals surface area contributed by atoms with Gasteiger partial charge in [-0.1, -0.05) is 0 Å². The molecule has 94 valence electrons. The highest BCUT2D eigenvalue weighted by molar-refractivity contribution is 5.79. The molecule has 1 aliphatic rings. The Kier molecular flexibility index (Phi) is 4.33. The van der Waals surface area contributed by atoms with Crippen molar-refractivity contribution in [2.24, 2.45) is 5.92 Å². The number of carbonyl (C=O) groups is 1. The number of rotatable bonds is 3. The van der Waals surface area contributed by atoms with E-state index < -0.39 is 11.6 Å². The molecule has 1 fully saturated rings. The smallest absolute Gasteiger partial charge is 0.223 e. The van der Waals surface area contributed by atoms with Crippen molar-refractivity contribution < 1.29 is 9.90 Å². The molecule has 0 bridgehead atoms. The van der Waals surface area contributed by atoms with Crippen LogP contribution in [0.3, 0.4) is 0 Å². The normalized spacial score (nSPS) is 28.6. The second kappa shape index (κ2) is 5.15. The lowest BCUT2D eigenvalue weighted by molar-refractivity contribution is -0.129. The van der Waals surface area contributed by atoms with Gasteiger partial charge in [0.1, 0.15) is 0 Å². The highest BCUT2D eigenvalue weighted by Crippen LogP contribution is 2.18. The van der Waals surface area contributed by atoms with Crippen molar-refractivity contribution in [3.8, 4) is 0 Å².